The van der Waals surface area contributed by atoms with Crippen molar-refractivity contribution in [3.05, 3.63) is 69.5 Å². The van der Waals surface area contributed by atoms with Gasteiger partial charge in [0.1, 0.15) is 5.56 Å². The number of thioether (sulfide) groups is 1. The highest BCUT2D eigenvalue weighted by atomic mass is 35.5. The molecule has 0 unspecified atom stereocenters. The number of hydrogen-bond donors (Lipinski definition) is 1. The Bertz CT molecular complexity index is 952. The van der Waals surface area contributed by atoms with Gasteiger partial charge >= 0.3 is 5.63 Å². The first kappa shape index (κ1) is 15.6. The molecule has 1 amide bonds. The van der Waals surface area contributed by atoms with Crippen molar-refractivity contribution in [3.8, 4) is 0 Å². The summed E-state index contributed by atoms with van der Waals surface area (Å²) in [5, 5.41) is 3.68. The third kappa shape index (κ3) is 3.11. The van der Waals surface area contributed by atoms with Crippen molar-refractivity contribution in [3.63, 3.8) is 0 Å². The van der Waals surface area contributed by atoms with E-state index in [1.54, 1.807) is 24.3 Å². The zero-order valence-corrected chi connectivity index (χ0v) is 13.7. The zero-order chi connectivity index (χ0) is 16.4. The summed E-state index contributed by atoms with van der Waals surface area (Å²) >= 11 is 7.50. The Balaban J connectivity index is 2.01. The van der Waals surface area contributed by atoms with E-state index in [-0.39, 0.29) is 11.1 Å². The second-order valence-corrected chi connectivity index (χ2v) is 6.02. The molecule has 3 rings (SSSR count). The van der Waals surface area contributed by atoms with Crippen molar-refractivity contribution < 1.29 is 9.21 Å². The monoisotopic (exact) mass is 345 g/mol. The van der Waals surface area contributed by atoms with Crippen LogP contribution in [0.1, 0.15) is 10.4 Å². The largest absolute Gasteiger partial charge is 0.421 e. The van der Waals surface area contributed by atoms with Crippen LogP contribution in [-0.2, 0) is 0 Å². The van der Waals surface area contributed by atoms with Gasteiger partial charge in [-0.15, -0.1) is 11.8 Å². The average molecular weight is 346 g/mol. The molecule has 0 spiro atoms. The number of amides is 1. The van der Waals surface area contributed by atoms with Crippen LogP contribution in [0.15, 0.2) is 62.6 Å². The minimum absolute atomic E-state index is 0.0596. The molecule has 3 aromatic rings. The summed E-state index contributed by atoms with van der Waals surface area (Å²) in [5.41, 5.74) is 0.149. The SMILES string of the molecule is CSc1ccccc1NC(=O)c1cc2cccc(Cl)c2oc1=O. The first-order valence-electron chi connectivity index (χ1n) is 6.77. The maximum atomic E-state index is 12.4. The summed E-state index contributed by atoms with van der Waals surface area (Å²) in [5.74, 6) is -0.512. The van der Waals surface area contributed by atoms with Crippen LogP contribution in [-0.4, -0.2) is 12.2 Å². The Morgan fingerprint density at radius 1 is 1.17 bits per heavy atom. The summed E-state index contributed by atoms with van der Waals surface area (Å²) in [4.78, 5) is 25.4. The number of carbonyl (C=O) groups excluding carboxylic acids is 1. The minimum atomic E-state index is -0.718. The molecule has 0 fully saturated rings. The van der Waals surface area contributed by atoms with E-state index < -0.39 is 11.5 Å². The molecule has 23 heavy (non-hydrogen) atoms. The number of carbonyl (C=O) groups is 1. The van der Waals surface area contributed by atoms with E-state index in [2.05, 4.69) is 5.32 Å². The first-order chi connectivity index (χ1) is 11.1. The Labute approximate surface area is 141 Å². The van der Waals surface area contributed by atoms with Gasteiger partial charge in [-0.1, -0.05) is 35.9 Å². The number of nitrogens with one attached hydrogen (secondary N) is 1. The van der Waals surface area contributed by atoms with E-state index in [1.807, 2.05) is 24.5 Å². The van der Waals surface area contributed by atoms with Crippen molar-refractivity contribution in [2.24, 2.45) is 0 Å². The molecule has 0 aliphatic rings. The number of anilines is 1. The van der Waals surface area contributed by atoms with Crippen LogP contribution in [0.5, 0.6) is 0 Å². The van der Waals surface area contributed by atoms with Gasteiger partial charge in [-0.25, -0.2) is 4.79 Å². The topological polar surface area (TPSA) is 59.3 Å². The Morgan fingerprint density at radius 2 is 1.96 bits per heavy atom. The third-order valence-corrected chi connectivity index (χ3v) is 4.41. The number of fused-ring (bicyclic) bond motifs is 1. The van der Waals surface area contributed by atoms with Crippen molar-refractivity contribution in [1.29, 1.82) is 0 Å². The predicted octanol–water partition coefficient (Wildman–Crippen LogP) is 4.42. The zero-order valence-electron chi connectivity index (χ0n) is 12.1. The van der Waals surface area contributed by atoms with E-state index in [1.165, 1.54) is 17.8 Å². The Kier molecular flexibility index (Phi) is 4.41. The molecule has 0 bridgehead atoms. The van der Waals surface area contributed by atoms with E-state index in [9.17, 15) is 9.59 Å². The fraction of sp³-hybridized carbons (Fsp3) is 0.0588. The van der Waals surface area contributed by atoms with Crippen molar-refractivity contribution in [2.75, 3.05) is 11.6 Å². The lowest BCUT2D eigenvalue weighted by Crippen LogP contribution is -2.21. The molecule has 1 heterocycles. The quantitative estimate of drug-likeness (QED) is 0.564. The van der Waals surface area contributed by atoms with Gasteiger partial charge in [0.15, 0.2) is 5.58 Å². The highest BCUT2D eigenvalue weighted by molar-refractivity contribution is 7.98. The standard InChI is InChI=1S/C17H12ClNO3S/c1-23-14-8-3-2-7-13(14)19-16(20)11-9-10-5-4-6-12(18)15(10)22-17(11)21/h2-9H,1H3,(H,19,20). The van der Waals surface area contributed by atoms with Crippen LogP contribution in [0.2, 0.25) is 5.02 Å². The van der Waals surface area contributed by atoms with Crippen LogP contribution >= 0.6 is 23.4 Å². The highest BCUT2D eigenvalue weighted by Gasteiger charge is 2.16. The lowest BCUT2D eigenvalue weighted by Gasteiger charge is -2.09. The molecule has 0 atom stereocenters. The molecule has 4 nitrogen and oxygen atoms in total. The molecular formula is C17H12ClNO3S. The van der Waals surface area contributed by atoms with Gasteiger partial charge < -0.3 is 9.73 Å². The van der Waals surface area contributed by atoms with Gasteiger partial charge in [-0.3, -0.25) is 4.79 Å². The van der Waals surface area contributed by atoms with Crippen LogP contribution < -0.4 is 10.9 Å². The van der Waals surface area contributed by atoms with Gasteiger partial charge in [0.25, 0.3) is 5.91 Å². The molecule has 1 aromatic heterocycles. The lowest BCUT2D eigenvalue weighted by atomic mass is 10.1. The Hall–Kier alpha value is -2.24. The van der Waals surface area contributed by atoms with Crippen LogP contribution in [0.25, 0.3) is 11.0 Å². The van der Waals surface area contributed by atoms with Gasteiger partial charge in [-0.2, -0.15) is 0 Å². The summed E-state index contributed by atoms with van der Waals surface area (Å²) in [6, 6.07) is 14.0. The number of hydrogen-bond acceptors (Lipinski definition) is 4. The lowest BCUT2D eigenvalue weighted by molar-refractivity contribution is 0.102. The summed E-state index contributed by atoms with van der Waals surface area (Å²) in [6.45, 7) is 0. The number of halogens is 1. The second-order valence-electron chi connectivity index (χ2n) is 4.76. The summed E-state index contributed by atoms with van der Waals surface area (Å²) < 4.78 is 5.19. The second kappa shape index (κ2) is 6.48. The average Bonchev–Trinajstić information content (AvgIpc) is 2.55. The smallest absolute Gasteiger partial charge is 0.349 e. The molecule has 2 aromatic carbocycles. The molecule has 116 valence electrons. The highest BCUT2D eigenvalue weighted by Crippen LogP contribution is 2.26. The maximum absolute atomic E-state index is 12.4. The molecule has 0 saturated carbocycles. The van der Waals surface area contributed by atoms with Gasteiger partial charge in [0.05, 0.1) is 10.7 Å². The number of para-hydroxylation sites is 2. The van der Waals surface area contributed by atoms with Gasteiger partial charge in [-0.05, 0) is 30.5 Å². The van der Waals surface area contributed by atoms with Crippen LogP contribution in [0.4, 0.5) is 5.69 Å². The normalized spacial score (nSPS) is 10.7. The first-order valence-corrected chi connectivity index (χ1v) is 8.37. The molecule has 0 radical (unpaired) electrons. The number of rotatable bonds is 3. The molecule has 0 saturated heterocycles. The Morgan fingerprint density at radius 3 is 2.74 bits per heavy atom. The van der Waals surface area contributed by atoms with Crippen molar-refractivity contribution in [1.82, 2.24) is 0 Å². The number of benzene rings is 2. The van der Waals surface area contributed by atoms with Crippen molar-refractivity contribution in [2.45, 2.75) is 4.90 Å². The fourth-order valence-corrected chi connectivity index (χ4v) is 2.98. The van der Waals surface area contributed by atoms with E-state index in [0.29, 0.717) is 16.1 Å². The predicted molar refractivity (Wildman–Crippen MR) is 93.7 cm³/mol. The van der Waals surface area contributed by atoms with E-state index >= 15 is 0 Å². The maximum Gasteiger partial charge on any atom is 0.349 e. The molecule has 6 heteroatoms. The summed E-state index contributed by atoms with van der Waals surface area (Å²) in [7, 11) is 0. The fourth-order valence-electron chi connectivity index (χ4n) is 2.20. The van der Waals surface area contributed by atoms with E-state index in [4.69, 9.17) is 16.0 Å². The van der Waals surface area contributed by atoms with E-state index in [0.717, 1.165) is 4.90 Å². The molecule has 1 N–H and O–H groups in total. The summed E-state index contributed by atoms with van der Waals surface area (Å²) in [6.07, 6.45) is 1.91. The molecular weight excluding hydrogens is 334 g/mol. The van der Waals surface area contributed by atoms with Gasteiger partial charge in [0, 0.05) is 10.3 Å². The van der Waals surface area contributed by atoms with Crippen LogP contribution in [0.3, 0.4) is 0 Å². The minimum Gasteiger partial charge on any atom is -0.421 e. The molecule has 0 aliphatic heterocycles. The third-order valence-electron chi connectivity index (χ3n) is 3.31. The van der Waals surface area contributed by atoms with Crippen LogP contribution in [0, 0.1) is 0 Å². The van der Waals surface area contributed by atoms with Crippen molar-refractivity contribution >= 4 is 45.9 Å². The van der Waals surface area contributed by atoms with Gasteiger partial charge in [0.2, 0.25) is 0 Å². The molecule has 0 aliphatic carbocycles.